The van der Waals surface area contributed by atoms with Crippen molar-refractivity contribution in [3.63, 3.8) is 0 Å². The summed E-state index contributed by atoms with van der Waals surface area (Å²) < 4.78 is 5.16. The van der Waals surface area contributed by atoms with E-state index in [9.17, 15) is 4.79 Å². The lowest BCUT2D eigenvalue weighted by Crippen LogP contribution is -2.12. The number of anilines is 1. The summed E-state index contributed by atoms with van der Waals surface area (Å²) in [5.41, 5.74) is 1.96. The van der Waals surface area contributed by atoms with E-state index in [1.807, 2.05) is 18.2 Å². The van der Waals surface area contributed by atoms with Crippen LogP contribution in [-0.2, 0) is 4.79 Å². The van der Waals surface area contributed by atoms with E-state index in [-0.39, 0.29) is 5.91 Å². The number of carbonyl (C=O) groups excluding carboxylic acids is 1. The Kier molecular flexibility index (Phi) is 5.55. The quantitative estimate of drug-likeness (QED) is 0.511. The number of hydrogen-bond acceptors (Lipinski definition) is 6. The van der Waals surface area contributed by atoms with Gasteiger partial charge in [0.25, 0.3) is 0 Å². The SMILES string of the molecule is COc1cccc(NC(=O)CCSc2ncnc3sc(C)c(C)c23)c1. The standard InChI is InChI=1S/C18H19N3O2S2/c1-11-12(2)25-18-16(11)17(19-10-20-18)24-8-7-15(22)21-13-5-4-6-14(9-13)23-3/h4-6,9-10H,7-8H2,1-3H3,(H,21,22). The van der Waals surface area contributed by atoms with Crippen molar-refractivity contribution in [1.82, 2.24) is 9.97 Å². The number of nitrogens with zero attached hydrogens (tertiary/aromatic N) is 2. The number of hydrogen-bond donors (Lipinski definition) is 1. The highest BCUT2D eigenvalue weighted by atomic mass is 32.2. The van der Waals surface area contributed by atoms with Crippen molar-refractivity contribution < 1.29 is 9.53 Å². The third-order valence-electron chi connectivity index (χ3n) is 3.85. The molecule has 0 atom stereocenters. The minimum atomic E-state index is -0.0238. The predicted octanol–water partition coefficient (Wildman–Crippen LogP) is 4.44. The molecular formula is C18H19N3O2S2. The summed E-state index contributed by atoms with van der Waals surface area (Å²) in [7, 11) is 1.61. The highest BCUT2D eigenvalue weighted by Gasteiger charge is 2.13. The van der Waals surface area contributed by atoms with E-state index in [0.29, 0.717) is 12.2 Å². The highest BCUT2D eigenvalue weighted by Crippen LogP contribution is 2.34. The number of carbonyl (C=O) groups is 1. The number of ether oxygens (including phenoxy) is 1. The highest BCUT2D eigenvalue weighted by molar-refractivity contribution is 7.99. The Labute approximate surface area is 154 Å². The Morgan fingerprint density at radius 3 is 2.96 bits per heavy atom. The minimum absolute atomic E-state index is 0.0238. The van der Waals surface area contributed by atoms with E-state index < -0.39 is 0 Å². The van der Waals surface area contributed by atoms with Crippen molar-refractivity contribution in [2.45, 2.75) is 25.3 Å². The molecule has 0 bridgehead atoms. The molecule has 3 aromatic rings. The largest absolute Gasteiger partial charge is 0.497 e. The molecule has 0 saturated carbocycles. The van der Waals surface area contributed by atoms with Crippen molar-refractivity contribution in [2.24, 2.45) is 0 Å². The number of nitrogens with one attached hydrogen (secondary N) is 1. The van der Waals surface area contributed by atoms with E-state index in [1.54, 1.807) is 42.6 Å². The van der Waals surface area contributed by atoms with Crippen molar-refractivity contribution in [3.05, 3.63) is 41.0 Å². The van der Waals surface area contributed by atoms with Gasteiger partial charge in [-0.05, 0) is 31.5 Å². The second-order valence-electron chi connectivity index (χ2n) is 5.52. The molecule has 7 heteroatoms. The Hall–Kier alpha value is -2.12. The monoisotopic (exact) mass is 373 g/mol. The number of aromatic nitrogens is 2. The summed E-state index contributed by atoms with van der Waals surface area (Å²) in [6, 6.07) is 7.34. The maximum absolute atomic E-state index is 12.1. The lowest BCUT2D eigenvalue weighted by atomic mass is 10.2. The van der Waals surface area contributed by atoms with Gasteiger partial charge in [0.05, 0.1) is 7.11 Å². The van der Waals surface area contributed by atoms with E-state index >= 15 is 0 Å². The average Bonchev–Trinajstić information content (AvgIpc) is 2.90. The van der Waals surface area contributed by atoms with Crippen molar-refractivity contribution in [3.8, 4) is 5.75 Å². The number of thioether (sulfide) groups is 1. The average molecular weight is 374 g/mol. The number of benzene rings is 1. The van der Waals surface area contributed by atoms with Gasteiger partial charge in [-0.3, -0.25) is 4.79 Å². The number of fused-ring (bicyclic) bond motifs is 1. The van der Waals surface area contributed by atoms with Gasteiger partial charge in [-0.2, -0.15) is 0 Å². The maximum atomic E-state index is 12.1. The van der Waals surface area contributed by atoms with Crippen LogP contribution in [0.25, 0.3) is 10.2 Å². The lowest BCUT2D eigenvalue weighted by Gasteiger charge is -2.07. The number of methoxy groups -OCH3 is 1. The molecule has 130 valence electrons. The molecule has 1 amide bonds. The van der Waals surface area contributed by atoms with Gasteiger partial charge < -0.3 is 10.1 Å². The van der Waals surface area contributed by atoms with Gasteiger partial charge in [-0.15, -0.1) is 23.1 Å². The van der Waals surface area contributed by atoms with Crippen LogP contribution in [0.2, 0.25) is 0 Å². The summed E-state index contributed by atoms with van der Waals surface area (Å²) >= 11 is 3.28. The van der Waals surface area contributed by atoms with Crippen molar-refractivity contribution in [1.29, 1.82) is 0 Å². The van der Waals surface area contributed by atoms with Crippen molar-refractivity contribution in [2.75, 3.05) is 18.2 Å². The molecule has 0 aliphatic rings. The molecule has 5 nitrogen and oxygen atoms in total. The van der Waals surface area contributed by atoms with Crippen LogP contribution in [0.1, 0.15) is 16.9 Å². The molecule has 2 aromatic heterocycles. The van der Waals surface area contributed by atoms with E-state index in [0.717, 1.165) is 26.7 Å². The van der Waals surface area contributed by atoms with Gasteiger partial charge >= 0.3 is 0 Å². The first kappa shape index (κ1) is 17.7. The molecule has 1 N–H and O–H groups in total. The molecule has 0 radical (unpaired) electrons. The predicted molar refractivity (Wildman–Crippen MR) is 104 cm³/mol. The third kappa shape index (κ3) is 4.11. The van der Waals surface area contributed by atoms with Gasteiger partial charge in [0, 0.05) is 34.2 Å². The molecule has 0 unspecified atom stereocenters. The van der Waals surface area contributed by atoms with Crippen LogP contribution in [0.4, 0.5) is 5.69 Å². The number of rotatable bonds is 6. The molecule has 2 heterocycles. The lowest BCUT2D eigenvalue weighted by molar-refractivity contribution is -0.115. The van der Waals surface area contributed by atoms with Gasteiger partial charge in [-0.1, -0.05) is 6.07 Å². The van der Waals surface area contributed by atoms with E-state index in [4.69, 9.17) is 4.74 Å². The molecule has 25 heavy (non-hydrogen) atoms. The fourth-order valence-corrected chi connectivity index (χ4v) is 4.48. The molecule has 3 rings (SSSR count). The van der Waals surface area contributed by atoms with E-state index in [2.05, 4.69) is 29.1 Å². The smallest absolute Gasteiger partial charge is 0.225 e. The van der Waals surface area contributed by atoms with Crippen LogP contribution < -0.4 is 10.1 Å². The Morgan fingerprint density at radius 1 is 1.32 bits per heavy atom. The second-order valence-corrected chi connectivity index (χ2v) is 7.81. The first-order valence-electron chi connectivity index (χ1n) is 7.86. The van der Waals surface area contributed by atoms with E-state index in [1.165, 1.54) is 10.4 Å². The Balaban J connectivity index is 1.60. The maximum Gasteiger partial charge on any atom is 0.225 e. The topological polar surface area (TPSA) is 64.1 Å². The second kappa shape index (κ2) is 7.84. The first-order valence-corrected chi connectivity index (χ1v) is 9.66. The van der Waals surface area contributed by atoms with Crippen LogP contribution in [-0.4, -0.2) is 28.7 Å². The van der Waals surface area contributed by atoms with Crippen molar-refractivity contribution >= 4 is 44.9 Å². The summed E-state index contributed by atoms with van der Waals surface area (Å²) in [5, 5.41) is 4.95. The number of aryl methyl sites for hydroxylation is 2. The third-order valence-corrected chi connectivity index (χ3v) is 5.96. The Bertz CT molecular complexity index is 908. The van der Waals surface area contributed by atoms with Crippen LogP contribution in [0, 0.1) is 13.8 Å². The summed E-state index contributed by atoms with van der Waals surface area (Å²) in [5.74, 6) is 1.36. The normalized spacial score (nSPS) is 10.8. The molecule has 0 saturated heterocycles. The fraction of sp³-hybridized carbons (Fsp3) is 0.278. The number of thiophene rings is 1. The molecular weight excluding hydrogens is 354 g/mol. The Morgan fingerprint density at radius 2 is 2.16 bits per heavy atom. The van der Waals surface area contributed by atoms with Crippen LogP contribution in [0.3, 0.4) is 0 Å². The molecule has 0 aliphatic carbocycles. The van der Waals surface area contributed by atoms with Crippen LogP contribution >= 0.6 is 23.1 Å². The summed E-state index contributed by atoms with van der Waals surface area (Å²) in [6.07, 6.45) is 2.01. The van der Waals surface area contributed by atoms with Gasteiger partial charge in [-0.25, -0.2) is 9.97 Å². The fourth-order valence-electron chi connectivity index (χ4n) is 2.42. The molecule has 0 fully saturated rings. The molecule has 1 aromatic carbocycles. The zero-order valence-corrected chi connectivity index (χ0v) is 16.0. The zero-order chi connectivity index (χ0) is 17.8. The minimum Gasteiger partial charge on any atom is -0.497 e. The van der Waals surface area contributed by atoms with Gasteiger partial charge in [0.1, 0.15) is 21.9 Å². The van der Waals surface area contributed by atoms with Gasteiger partial charge in [0.2, 0.25) is 5.91 Å². The zero-order valence-electron chi connectivity index (χ0n) is 14.3. The first-order chi connectivity index (χ1) is 12.1. The molecule has 0 aliphatic heterocycles. The summed E-state index contributed by atoms with van der Waals surface area (Å²) in [6.45, 7) is 4.19. The molecule has 0 spiro atoms. The summed E-state index contributed by atoms with van der Waals surface area (Å²) in [4.78, 5) is 23.1. The van der Waals surface area contributed by atoms with Crippen LogP contribution in [0.15, 0.2) is 35.6 Å². The number of amides is 1. The van der Waals surface area contributed by atoms with Crippen LogP contribution in [0.5, 0.6) is 5.75 Å². The van der Waals surface area contributed by atoms with Gasteiger partial charge in [0.15, 0.2) is 0 Å².